The largest absolute Gasteiger partial charge is 0.346 e. The van der Waals surface area contributed by atoms with E-state index < -0.39 is 5.41 Å². The Morgan fingerprint density at radius 1 is 1.16 bits per heavy atom. The molecule has 1 aliphatic carbocycles. The lowest BCUT2D eigenvalue weighted by atomic mass is 9.95. The fourth-order valence-corrected chi connectivity index (χ4v) is 3.31. The number of halogens is 2. The van der Waals surface area contributed by atoms with Gasteiger partial charge in [0.05, 0.1) is 12.0 Å². The van der Waals surface area contributed by atoms with Gasteiger partial charge in [-0.05, 0) is 61.2 Å². The molecule has 1 aliphatic rings. The summed E-state index contributed by atoms with van der Waals surface area (Å²) in [5, 5.41) is 5.48. The second-order valence-corrected chi connectivity index (χ2v) is 7.19. The lowest BCUT2D eigenvalue weighted by Crippen LogP contribution is -2.39. The first-order chi connectivity index (χ1) is 11.9. The third-order valence-corrected chi connectivity index (χ3v) is 4.95. The van der Waals surface area contributed by atoms with Crippen LogP contribution < -0.4 is 10.6 Å². The summed E-state index contributed by atoms with van der Waals surface area (Å²) >= 11 is 3.37. The van der Waals surface area contributed by atoms with Gasteiger partial charge in [-0.25, -0.2) is 4.39 Å². The SMILES string of the molecule is Cc1cc(Br)ccc1NC(=O)CNC(=O)C1(c2ccc(F)cc2)CC1. The maximum absolute atomic E-state index is 13.1. The number of carbonyl (C=O) groups excluding carboxylic acids is 2. The molecule has 6 heteroatoms. The van der Waals surface area contributed by atoms with Crippen LogP contribution in [0.1, 0.15) is 24.0 Å². The van der Waals surface area contributed by atoms with E-state index in [0.29, 0.717) is 18.5 Å². The van der Waals surface area contributed by atoms with Gasteiger partial charge in [-0.15, -0.1) is 0 Å². The number of hydrogen-bond donors (Lipinski definition) is 2. The molecule has 0 radical (unpaired) electrons. The highest BCUT2D eigenvalue weighted by atomic mass is 79.9. The Labute approximate surface area is 153 Å². The predicted molar refractivity (Wildman–Crippen MR) is 97.8 cm³/mol. The molecule has 1 saturated carbocycles. The van der Waals surface area contributed by atoms with Gasteiger partial charge in [0.2, 0.25) is 11.8 Å². The Morgan fingerprint density at radius 2 is 1.84 bits per heavy atom. The molecular weight excluding hydrogens is 387 g/mol. The molecule has 0 bridgehead atoms. The number of carbonyl (C=O) groups is 2. The molecule has 0 spiro atoms. The Bertz CT molecular complexity index is 817. The van der Waals surface area contributed by atoms with Gasteiger partial charge in [0, 0.05) is 10.2 Å². The highest BCUT2D eigenvalue weighted by molar-refractivity contribution is 9.10. The van der Waals surface area contributed by atoms with E-state index >= 15 is 0 Å². The van der Waals surface area contributed by atoms with Crippen LogP contribution in [0.3, 0.4) is 0 Å². The number of nitrogens with one attached hydrogen (secondary N) is 2. The topological polar surface area (TPSA) is 58.2 Å². The first kappa shape index (κ1) is 17.6. The van der Waals surface area contributed by atoms with Gasteiger partial charge in [0.1, 0.15) is 5.82 Å². The van der Waals surface area contributed by atoms with Gasteiger partial charge >= 0.3 is 0 Å². The average Bonchev–Trinajstić information content (AvgIpc) is 3.38. The Balaban J connectivity index is 1.58. The summed E-state index contributed by atoms with van der Waals surface area (Å²) < 4.78 is 14.0. The maximum Gasteiger partial charge on any atom is 0.243 e. The number of benzene rings is 2. The van der Waals surface area contributed by atoms with E-state index in [1.54, 1.807) is 18.2 Å². The number of anilines is 1. The lowest BCUT2D eigenvalue weighted by Gasteiger charge is -2.16. The van der Waals surface area contributed by atoms with Crippen LogP contribution in [0, 0.1) is 12.7 Å². The zero-order valence-electron chi connectivity index (χ0n) is 13.7. The summed E-state index contributed by atoms with van der Waals surface area (Å²) in [6.45, 7) is 1.80. The molecule has 4 nitrogen and oxygen atoms in total. The molecule has 2 amide bonds. The standard InChI is InChI=1S/C19H18BrFN2O2/c1-12-10-14(20)4-7-16(12)23-17(24)11-22-18(25)19(8-9-19)13-2-5-15(21)6-3-13/h2-7,10H,8-9,11H2,1H3,(H,22,25)(H,23,24). The zero-order valence-corrected chi connectivity index (χ0v) is 15.3. The summed E-state index contributed by atoms with van der Waals surface area (Å²) in [4.78, 5) is 24.6. The van der Waals surface area contributed by atoms with Gasteiger partial charge < -0.3 is 10.6 Å². The second kappa shape index (κ2) is 6.96. The van der Waals surface area contributed by atoms with Gasteiger partial charge in [-0.2, -0.15) is 0 Å². The van der Waals surface area contributed by atoms with E-state index in [2.05, 4.69) is 26.6 Å². The molecule has 25 heavy (non-hydrogen) atoms. The molecule has 1 fully saturated rings. The third-order valence-electron chi connectivity index (χ3n) is 4.45. The molecule has 0 saturated heterocycles. The minimum absolute atomic E-state index is 0.0999. The smallest absolute Gasteiger partial charge is 0.243 e. The monoisotopic (exact) mass is 404 g/mol. The molecule has 0 aromatic heterocycles. The summed E-state index contributed by atoms with van der Waals surface area (Å²) in [6.07, 6.45) is 1.41. The van der Waals surface area contributed by atoms with Crippen LogP contribution in [0.4, 0.5) is 10.1 Å². The molecule has 0 atom stereocenters. The normalized spacial score (nSPS) is 14.7. The van der Waals surface area contributed by atoms with Crippen LogP contribution in [0.15, 0.2) is 46.9 Å². The Hall–Kier alpha value is -2.21. The van der Waals surface area contributed by atoms with Crippen LogP contribution in [0.2, 0.25) is 0 Å². The lowest BCUT2D eigenvalue weighted by molar-refractivity contribution is -0.126. The van der Waals surface area contributed by atoms with Crippen molar-refractivity contribution in [1.29, 1.82) is 0 Å². The average molecular weight is 405 g/mol. The van der Waals surface area contributed by atoms with Crippen molar-refractivity contribution in [2.45, 2.75) is 25.2 Å². The van der Waals surface area contributed by atoms with Crippen LogP contribution in [-0.4, -0.2) is 18.4 Å². The number of amides is 2. The molecule has 3 rings (SSSR count). The summed E-state index contributed by atoms with van der Waals surface area (Å²) in [7, 11) is 0. The number of rotatable bonds is 5. The maximum atomic E-state index is 13.1. The molecule has 2 aromatic carbocycles. The van der Waals surface area contributed by atoms with Gasteiger partial charge in [0.25, 0.3) is 0 Å². The van der Waals surface area contributed by atoms with Crippen molar-refractivity contribution in [3.8, 4) is 0 Å². The van der Waals surface area contributed by atoms with Crippen molar-refractivity contribution >= 4 is 33.4 Å². The molecule has 0 unspecified atom stereocenters. The van der Waals surface area contributed by atoms with Gasteiger partial charge in [-0.1, -0.05) is 28.1 Å². The van der Waals surface area contributed by atoms with Crippen molar-refractivity contribution in [3.05, 3.63) is 63.9 Å². The fourth-order valence-electron chi connectivity index (χ4n) is 2.83. The van der Waals surface area contributed by atoms with E-state index in [0.717, 1.165) is 15.6 Å². The molecular formula is C19H18BrFN2O2. The molecule has 2 N–H and O–H groups in total. The van der Waals surface area contributed by atoms with Gasteiger partial charge in [-0.3, -0.25) is 9.59 Å². The van der Waals surface area contributed by atoms with Crippen LogP contribution in [-0.2, 0) is 15.0 Å². The zero-order chi connectivity index (χ0) is 18.0. The van der Waals surface area contributed by atoms with E-state index in [-0.39, 0.29) is 24.2 Å². The molecule has 130 valence electrons. The first-order valence-electron chi connectivity index (χ1n) is 8.01. The van der Waals surface area contributed by atoms with Crippen LogP contribution in [0.5, 0.6) is 0 Å². The van der Waals surface area contributed by atoms with Crippen molar-refractivity contribution in [2.24, 2.45) is 0 Å². The quantitative estimate of drug-likeness (QED) is 0.798. The summed E-state index contributed by atoms with van der Waals surface area (Å²) in [5.74, 6) is -0.806. The number of aryl methyl sites for hydroxylation is 1. The molecule has 2 aromatic rings. The highest BCUT2D eigenvalue weighted by Gasteiger charge is 2.51. The summed E-state index contributed by atoms with van der Waals surface area (Å²) in [5.41, 5.74) is 1.80. The Kier molecular flexibility index (Phi) is 4.90. The van der Waals surface area contributed by atoms with E-state index in [4.69, 9.17) is 0 Å². The van der Waals surface area contributed by atoms with Crippen LogP contribution >= 0.6 is 15.9 Å². The first-order valence-corrected chi connectivity index (χ1v) is 8.80. The second-order valence-electron chi connectivity index (χ2n) is 6.28. The fraction of sp³-hybridized carbons (Fsp3) is 0.263. The molecule has 0 aliphatic heterocycles. The van der Waals surface area contributed by atoms with E-state index in [9.17, 15) is 14.0 Å². The van der Waals surface area contributed by atoms with Crippen molar-refractivity contribution in [2.75, 3.05) is 11.9 Å². The highest BCUT2D eigenvalue weighted by Crippen LogP contribution is 2.48. The van der Waals surface area contributed by atoms with E-state index in [1.165, 1.54) is 12.1 Å². The minimum Gasteiger partial charge on any atom is -0.346 e. The van der Waals surface area contributed by atoms with Crippen molar-refractivity contribution in [3.63, 3.8) is 0 Å². The number of hydrogen-bond acceptors (Lipinski definition) is 2. The van der Waals surface area contributed by atoms with E-state index in [1.807, 2.05) is 19.1 Å². The minimum atomic E-state index is -0.624. The summed E-state index contributed by atoms with van der Waals surface area (Å²) in [6, 6.07) is 11.5. The molecule has 0 heterocycles. The van der Waals surface area contributed by atoms with Gasteiger partial charge in [0.15, 0.2) is 0 Å². The predicted octanol–water partition coefficient (Wildman–Crippen LogP) is 3.68. The van der Waals surface area contributed by atoms with Crippen molar-refractivity contribution in [1.82, 2.24) is 5.32 Å². The van der Waals surface area contributed by atoms with Crippen LogP contribution in [0.25, 0.3) is 0 Å². The Morgan fingerprint density at radius 3 is 2.44 bits per heavy atom. The third kappa shape index (κ3) is 3.90. The van der Waals surface area contributed by atoms with Crippen molar-refractivity contribution < 1.29 is 14.0 Å².